The van der Waals surface area contributed by atoms with Gasteiger partial charge in [0.25, 0.3) is 0 Å². The number of aliphatic hydroxyl groups is 1. The van der Waals surface area contributed by atoms with Crippen molar-refractivity contribution in [3.8, 4) is 5.75 Å². The summed E-state index contributed by atoms with van der Waals surface area (Å²) in [6, 6.07) is 25.8. The molecule has 3 aromatic carbocycles. The van der Waals surface area contributed by atoms with Crippen molar-refractivity contribution >= 4 is 5.71 Å². The highest BCUT2D eigenvalue weighted by Crippen LogP contribution is 2.19. The Balaban J connectivity index is 1.36. The van der Waals surface area contributed by atoms with E-state index in [0.29, 0.717) is 26.1 Å². The van der Waals surface area contributed by atoms with E-state index in [9.17, 15) is 9.50 Å². The minimum Gasteiger partial charge on any atom is -0.491 e. The van der Waals surface area contributed by atoms with Gasteiger partial charge in [-0.2, -0.15) is 0 Å². The number of hydrogen-bond acceptors (Lipinski definition) is 5. The van der Waals surface area contributed by atoms with Crippen LogP contribution in [0.1, 0.15) is 17.5 Å². The summed E-state index contributed by atoms with van der Waals surface area (Å²) in [4.78, 5) is 7.79. The normalized spacial score (nSPS) is 16.5. The molecular weight excluding hydrogens is 407 g/mol. The number of halogens is 1. The Morgan fingerprint density at radius 1 is 1.00 bits per heavy atom. The van der Waals surface area contributed by atoms with E-state index in [1.807, 2.05) is 60.7 Å². The third kappa shape index (κ3) is 6.39. The molecule has 1 N–H and O–H groups in total. The summed E-state index contributed by atoms with van der Waals surface area (Å²) in [6.45, 7) is 1.72. The lowest BCUT2D eigenvalue weighted by molar-refractivity contribution is 0.0213. The predicted molar refractivity (Wildman–Crippen MR) is 122 cm³/mol. The zero-order valence-electron chi connectivity index (χ0n) is 17.8. The van der Waals surface area contributed by atoms with Crippen LogP contribution < -0.4 is 4.74 Å². The maximum atomic E-state index is 13.3. The SMILES string of the molecule is O[C@@H](COc1ccccc1)CN(Cc1ccc(F)cc1)C[C@@H]1CC(c2ccccc2)=NO1. The van der Waals surface area contributed by atoms with Crippen LogP contribution in [-0.2, 0) is 11.4 Å². The average molecular weight is 435 g/mol. The Labute approximate surface area is 187 Å². The molecule has 32 heavy (non-hydrogen) atoms. The van der Waals surface area contributed by atoms with E-state index in [2.05, 4.69) is 10.1 Å². The van der Waals surface area contributed by atoms with Gasteiger partial charge in [-0.3, -0.25) is 4.90 Å². The molecule has 0 aromatic heterocycles. The third-order valence-corrected chi connectivity index (χ3v) is 5.28. The fraction of sp³-hybridized carbons (Fsp3) is 0.269. The summed E-state index contributed by atoms with van der Waals surface area (Å²) in [5, 5.41) is 14.9. The third-order valence-electron chi connectivity index (χ3n) is 5.28. The first-order valence-corrected chi connectivity index (χ1v) is 10.8. The summed E-state index contributed by atoms with van der Waals surface area (Å²) >= 11 is 0. The number of aliphatic hydroxyl groups excluding tert-OH is 1. The zero-order chi connectivity index (χ0) is 22.2. The van der Waals surface area contributed by atoms with Gasteiger partial charge < -0.3 is 14.7 Å². The molecule has 0 saturated carbocycles. The lowest BCUT2D eigenvalue weighted by Crippen LogP contribution is -2.39. The second-order valence-corrected chi connectivity index (χ2v) is 7.93. The Morgan fingerprint density at radius 3 is 2.41 bits per heavy atom. The Morgan fingerprint density at radius 2 is 1.69 bits per heavy atom. The van der Waals surface area contributed by atoms with Crippen molar-refractivity contribution in [2.75, 3.05) is 19.7 Å². The molecular formula is C26H27FN2O3. The van der Waals surface area contributed by atoms with E-state index >= 15 is 0 Å². The van der Waals surface area contributed by atoms with Crippen molar-refractivity contribution < 1.29 is 19.1 Å². The van der Waals surface area contributed by atoms with Crippen LogP contribution in [-0.4, -0.2) is 47.6 Å². The highest BCUT2D eigenvalue weighted by atomic mass is 19.1. The molecule has 0 radical (unpaired) electrons. The maximum Gasteiger partial charge on any atom is 0.145 e. The monoisotopic (exact) mass is 434 g/mol. The number of hydrogen-bond donors (Lipinski definition) is 1. The predicted octanol–water partition coefficient (Wildman–Crippen LogP) is 4.26. The quantitative estimate of drug-likeness (QED) is 0.518. The van der Waals surface area contributed by atoms with E-state index in [0.717, 1.165) is 22.6 Å². The average Bonchev–Trinajstić information content (AvgIpc) is 3.29. The first-order valence-electron chi connectivity index (χ1n) is 10.8. The smallest absolute Gasteiger partial charge is 0.145 e. The Bertz CT molecular complexity index is 997. The highest BCUT2D eigenvalue weighted by molar-refractivity contribution is 6.01. The van der Waals surface area contributed by atoms with Gasteiger partial charge >= 0.3 is 0 Å². The number of rotatable bonds is 10. The van der Waals surface area contributed by atoms with Crippen LogP contribution in [0.25, 0.3) is 0 Å². The molecule has 0 fully saturated rings. The van der Waals surface area contributed by atoms with Crippen molar-refractivity contribution in [3.05, 3.63) is 102 Å². The second kappa shape index (κ2) is 10.9. The first-order chi connectivity index (χ1) is 15.7. The number of ether oxygens (including phenoxy) is 1. The van der Waals surface area contributed by atoms with Crippen molar-refractivity contribution in [2.45, 2.75) is 25.2 Å². The van der Waals surface area contributed by atoms with Gasteiger partial charge in [0.15, 0.2) is 0 Å². The van der Waals surface area contributed by atoms with Crippen molar-refractivity contribution in [2.24, 2.45) is 5.16 Å². The maximum absolute atomic E-state index is 13.3. The topological polar surface area (TPSA) is 54.3 Å². The number of oxime groups is 1. The second-order valence-electron chi connectivity index (χ2n) is 7.93. The highest BCUT2D eigenvalue weighted by Gasteiger charge is 2.26. The van der Waals surface area contributed by atoms with Crippen LogP contribution in [0.3, 0.4) is 0 Å². The van der Waals surface area contributed by atoms with Gasteiger partial charge in [0.1, 0.15) is 30.4 Å². The summed E-state index contributed by atoms with van der Waals surface area (Å²) in [6.07, 6.45) is -0.111. The molecule has 0 saturated heterocycles. The molecule has 1 aliphatic heterocycles. The van der Waals surface area contributed by atoms with Crippen molar-refractivity contribution in [1.29, 1.82) is 0 Å². The number of para-hydroxylation sites is 1. The molecule has 2 atom stereocenters. The summed E-state index contributed by atoms with van der Waals surface area (Å²) < 4.78 is 19.0. The van der Waals surface area contributed by atoms with Gasteiger partial charge in [-0.1, -0.05) is 65.8 Å². The molecule has 1 aliphatic rings. The molecule has 1 heterocycles. The van der Waals surface area contributed by atoms with E-state index in [-0.39, 0.29) is 18.5 Å². The largest absolute Gasteiger partial charge is 0.491 e. The van der Waals surface area contributed by atoms with Gasteiger partial charge in [0.05, 0.1) is 5.71 Å². The lowest BCUT2D eigenvalue weighted by atomic mass is 10.0. The zero-order valence-corrected chi connectivity index (χ0v) is 17.8. The fourth-order valence-electron chi connectivity index (χ4n) is 3.73. The van der Waals surface area contributed by atoms with Crippen LogP contribution in [0.15, 0.2) is 90.1 Å². The molecule has 0 amide bonds. The van der Waals surface area contributed by atoms with Crippen LogP contribution in [0.2, 0.25) is 0 Å². The van der Waals surface area contributed by atoms with Crippen LogP contribution in [0.4, 0.5) is 4.39 Å². The minimum absolute atomic E-state index is 0.118. The van der Waals surface area contributed by atoms with Crippen molar-refractivity contribution in [3.63, 3.8) is 0 Å². The molecule has 3 aromatic rings. The fourth-order valence-corrected chi connectivity index (χ4v) is 3.73. The van der Waals surface area contributed by atoms with Crippen LogP contribution in [0, 0.1) is 5.82 Å². The molecule has 0 unspecified atom stereocenters. The lowest BCUT2D eigenvalue weighted by Gasteiger charge is -2.27. The standard InChI is InChI=1S/C26H27FN2O3/c27-22-13-11-20(12-14-22)16-29(17-23(30)19-31-24-9-5-2-6-10-24)18-25-15-26(28-32-25)21-7-3-1-4-8-21/h1-14,23,25,30H,15-19H2/t23-,25+/m1/s1. The van der Waals surface area contributed by atoms with Gasteiger partial charge in [-0.25, -0.2) is 4.39 Å². The minimum atomic E-state index is -0.688. The van der Waals surface area contributed by atoms with Gasteiger partial charge in [-0.15, -0.1) is 0 Å². The molecule has 0 aliphatic carbocycles. The van der Waals surface area contributed by atoms with E-state index in [4.69, 9.17) is 9.57 Å². The van der Waals surface area contributed by atoms with Crippen LogP contribution >= 0.6 is 0 Å². The van der Waals surface area contributed by atoms with Gasteiger partial charge in [-0.05, 0) is 35.4 Å². The first kappa shape index (κ1) is 22.0. The Kier molecular flexibility index (Phi) is 7.48. The summed E-state index contributed by atoms with van der Waals surface area (Å²) in [5.41, 5.74) is 2.94. The molecule has 6 heteroatoms. The summed E-state index contributed by atoms with van der Waals surface area (Å²) in [7, 11) is 0. The Hall–Kier alpha value is -3.22. The van der Waals surface area contributed by atoms with Gasteiger partial charge in [0.2, 0.25) is 0 Å². The number of nitrogens with zero attached hydrogens (tertiary/aromatic N) is 2. The van der Waals surface area contributed by atoms with E-state index < -0.39 is 6.10 Å². The van der Waals surface area contributed by atoms with Crippen molar-refractivity contribution in [1.82, 2.24) is 4.90 Å². The van der Waals surface area contributed by atoms with Crippen LogP contribution in [0.5, 0.6) is 5.75 Å². The molecule has 0 bridgehead atoms. The molecule has 4 rings (SSSR count). The molecule has 5 nitrogen and oxygen atoms in total. The molecule has 166 valence electrons. The van der Waals surface area contributed by atoms with E-state index in [1.165, 1.54) is 12.1 Å². The number of benzene rings is 3. The van der Waals surface area contributed by atoms with Gasteiger partial charge in [0, 0.05) is 26.1 Å². The summed E-state index contributed by atoms with van der Waals surface area (Å²) in [5.74, 6) is 0.452. The van der Waals surface area contributed by atoms with E-state index in [1.54, 1.807) is 12.1 Å². The molecule has 0 spiro atoms.